The van der Waals surface area contributed by atoms with Gasteiger partial charge in [-0.05, 0) is 6.07 Å². The first-order valence-corrected chi connectivity index (χ1v) is 10.7. The van der Waals surface area contributed by atoms with E-state index < -0.39 is 52.3 Å². The lowest BCUT2D eigenvalue weighted by molar-refractivity contribution is -0.148. The molecule has 0 saturated heterocycles. The number of nitrogens with one attached hydrogen (secondary N) is 1. The Labute approximate surface area is 194 Å². The highest BCUT2D eigenvalue weighted by atomic mass is 35.5. The Kier molecular flexibility index (Phi) is 8.32. The number of halogens is 7. The van der Waals surface area contributed by atoms with E-state index in [4.69, 9.17) is 27.9 Å². The van der Waals surface area contributed by atoms with E-state index in [9.17, 15) is 35.2 Å². The number of carbonyl (C=O) groups excluding carboxylic acids is 1. The summed E-state index contributed by atoms with van der Waals surface area (Å²) in [5, 5.41) is -0.698. The molecule has 2 rings (SSSR count). The number of carbonyl (C=O) groups is 1. The zero-order valence-corrected chi connectivity index (χ0v) is 18.9. The molecular formula is C17H14Cl2F5N3O5S. The van der Waals surface area contributed by atoms with Gasteiger partial charge in [-0.15, -0.1) is 0 Å². The first-order chi connectivity index (χ1) is 15.1. The molecule has 0 aliphatic carbocycles. The van der Waals surface area contributed by atoms with Crippen LogP contribution < -0.4 is 14.2 Å². The van der Waals surface area contributed by atoms with Gasteiger partial charge in [0.05, 0.1) is 16.8 Å². The van der Waals surface area contributed by atoms with Crippen LogP contribution in [0.1, 0.15) is 10.4 Å². The fraction of sp³-hybridized carbons (Fsp3) is 0.294. The second-order valence-electron chi connectivity index (χ2n) is 6.39. The van der Waals surface area contributed by atoms with Gasteiger partial charge in [0.25, 0.3) is 5.91 Å². The molecular weight excluding hydrogens is 524 g/mol. The summed E-state index contributed by atoms with van der Waals surface area (Å²) in [7, 11) is -1.90. The molecule has 0 unspecified atom stereocenters. The first kappa shape index (κ1) is 26.8. The van der Waals surface area contributed by atoms with Crippen molar-refractivity contribution in [3.8, 4) is 17.4 Å². The third-order valence-corrected chi connectivity index (χ3v) is 5.67. The number of benzene rings is 1. The third-order valence-electron chi connectivity index (χ3n) is 3.70. The van der Waals surface area contributed by atoms with E-state index in [1.54, 1.807) is 4.72 Å². The molecule has 182 valence electrons. The van der Waals surface area contributed by atoms with E-state index >= 15 is 0 Å². The Hall–Kier alpha value is -2.42. The monoisotopic (exact) mass is 537 g/mol. The van der Waals surface area contributed by atoms with Crippen molar-refractivity contribution in [2.75, 3.05) is 20.7 Å². The molecule has 1 N–H and O–H groups in total. The van der Waals surface area contributed by atoms with Crippen LogP contribution in [0.3, 0.4) is 0 Å². The average Bonchev–Trinajstić information content (AvgIpc) is 2.69. The van der Waals surface area contributed by atoms with Crippen molar-refractivity contribution in [2.24, 2.45) is 0 Å². The van der Waals surface area contributed by atoms with Gasteiger partial charge in [-0.2, -0.15) is 21.5 Å². The van der Waals surface area contributed by atoms with Crippen molar-refractivity contribution < 1.29 is 44.6 Å². The van der Waals surface area contributed by atoms with Gasteiger partial charge in [-0.1, -0.05) is 23.2 Å². The molecule has 1 aromatic carbocycles. The minimum atomic E-state index is -4.43. The topological polar surface area (TPSA) is 97.8 Å². The Bertz CT molecular complexity index is 1150. The number of amides is 1. The maximum absolute atomic E-state index is 14.4. The molecule has 0 aliphatic heterocycles. The summed E-state index contributed by atoms with van der Waals surface area (Å²) in [5.41, 5.74) is -0.697. The highest BCUT2D eigenvalue weighted by Crippen LogP contribution is 2.35. The zero-order chi connectivity index (χ0) is 25.1. The van der Waals surface area contributed by atoms with Crippen LogP contribution in [-0.4, -0.2) is 56.7 Å². The number of aromatic nitrogens is 1. The number of pyridine rings is 1. The van der Waals surface area contributed by atoms with Gasteiger partial charge < -0.3 is 9.47 Å². The van der Waals surface area contributed by atoms with Gasteiger partial charge in [-0.25, -0.2) is 22.9 Å². The first-order valence-electron chi connectivity index (χ1n) is 8.50. The van der Waals surface area contributed by atoms with Gasteiger partial charge in [0.2, 0.25) is 5.88 Å². The minimum Gasteiger partial charge on any atom is -0.470 e. The molecule has 16 heteroatoms. The minimum absolute atomic E-state index is 0.179. The Morgan fingerprint density at radius 2 is 1.85 bits per heavy atom. The Morgan fingerprint density at radius 1 is 1.21 bits per heavy atom. The second kappa shape index (κ2) is 10.2. The van der Waals surface area contributed by atoms with Crippen molar-refractivity contribution >= 4 is 39.3 Å². The van der Waals surface area contributed by atoms with Crippen LogP contribution in [0.15, 0.2) is 24.4 Å². The second-order valence-corrected chi connectivity index (χ2v) is 9.09. The summed E-state index contributed by atoms with van der Waals surface area (Å²) in [4.78, 5) is 15.6. The summed E-state index contributed by atoms with van der Waals surface area (Å²) in [5.74, 6) is -8.00. The van der Waals surface area contributed by atoms with Crippen molar-refractivity contribution in [3.63, 3.8) is 0 Å². The fourth-order valence-electron chi connectivity index (χ4n) is 1.97. The molecule has 1 aromatic heterocycles. The molecule has 0 aliphatic rings. The zero-order valence-electron chi connectivity index (χ0n) is 16.6. The molecule has 0 spiro atoms. The quantitative estimate of drug-likeness (QED) is 0.483. The van der Waals surface area contributed by atoms with E-state index in [0.29, 0.717) is 10.4 Å². The number of alkyl halides is 4. The Balaban J connectivity index is 2.19. The lowest BCUT2D eigenvalue weighted by Gasteiger charge is -2.16. The molecule has 0 fully saturated rings. The molecule has 0 bridgehead atoms. The van der Waals surface area contributed by atoms with Crippen LogP contribution >= 0.6 is 23.2 Å². The van der Waals surface area contributed by atoms with Gasteiger partial charge in [-0.3, -0.25) is 4.79 Å². The number of hydrogen-bond donors (Lipinski definition) is 1. The number of nitrogens with zero attached hydrogens (tertiary/aromatic N) is 2. The lowest BCUT2D eigenvalue weighted by atomic mass is 10.2. The van der Waals surface area contributed by atoms with Crippen LogP contribution in [0.25, 0.3) is 0 Å². The molecule has 0 radical (unpaired) electrons. The van der Waals surface area contributed by atoms with Crippen LogP contribution in [0.2, 0.25) is 10.0 Å². The SMILES string of the molecule is CN(C)S(=O)(=O)NC(=O)c1cc(Cl)c(Oc2cnc(OCC(F)(F)C(F)F)c(Cl)c2)cc1F. The van der Waals surface area contributed by atoms with Crippen molar-refractivity contribution in [1.82, 2.24) is 14.0 Å². The van der Waals surface area contributed by atoms with E-state index in [-0.39, 0.29) is 21.5 Å². The summed E-state index contributed by atoms with van der Waals surface area (Å²) < 4.78 is 100. The normalized spacial score (nSPS) is 12.2. The Morgan fingerprint density at radius 3 is 2.39 bits per heavy atom. The average molecular weight is 538 g/mol. The van der Waals surface area contributed by atoms with Crippen molar-refractivity contribution in [3.05, 3.63) is 45.8 Å². The summed E-state index contributed by atoms with van der Waals surface area (Å²) >= 11 is 11.8. The predicted molar refractivity (Wildman–Crippen MR) is 107 cm³/mol. The van der Waals surface area contributed by atoms with Gasteiger partial charge in [0.1, 0.15) is 22.3 Å². The van der Waals surface area contributed by atoms with E-state index in [1.165, 1.54) is 0 Å². The largest absolute Gasteiger partial charge is 0.470 e. The fourth-order valence-corrected chi connectivity index (χ4v) is 2.91. The molecule has 33 heavy (non-hydrogen) atoms. The van der Waals surface area contributed by atoms with Crippen LogP contribution in [0, 0.1) is 5.82 Å². The van der Waals surface area contributed by atoms with Crippen molar-refractivity contribution in [1.29, 1.82) is 0 Å². The van der Waals surface area contributed by atoms with Gasteiger partial charge in [0, 0.05) is 26.2 Å². The molecule has 1 amide bonds. The molecule has 8 nitrogen and oxygen atoms in total. The van der Waals surface area contributed by atoms with Gasteiger partial charge >= 0.3 is 22.6 Å². The van der Waals surface area contributed by atoms with Crippen molar-refractivity contribution in [2.45, 2.75) is 12.3 Å². The van der Waals surface area contributed by atoms with Crippen LogP contribution in [-0.2, 0) is 10.2 Å². The molecule has 1 heterocycles. The maximum atomic E-state index is 14.4. The highest BCUT2D eigenvalue weighted by Gasteiger charge is 2.42. The summed E-state index contributed by atoms with van der Waals surface area (Å²) in [6.07, 6.45) is -3.05. The smallest absolute Gasteiger partial charge is 0.340 e. The molecule has 0 atom stereocenters. The molecule has 0 saturated carbocycles. The number of ether oxygens (including phenoxy) is 2. The summed E-state index contributed by atoms with van der Waals surface area (Å²) in [6.45, 7) is -1.68. The predicted octanol–water partition coefficient (Wildman–Crippen LogP) is 4.14. The van der Waals surface area contributed by atoms with E-state index in [1.807, 2.05) is 0 Å². The van der Waals surface area contributed by atoms with E-state index in [0.717, 1.165) is 32.4 Å². The summed E-state index contributed by atoms with van der Waals surface area (Å²) in [6, 6.07) is 2.50. The van der Waals surface area contributed by atoms with Crippen LogP contribution in [0.5, 0.6) is 17.4 Å². The maximum Gasteiger partial charge on any atom is 0.340 e. The van der Waals surface area contributed by atoms with Gasteiger partial charge in [0.15, 0.2) is 6.61 Å². The number of rotatable bonds is 9. The molecule has 2 aromatic rings. The third kappa shape index (κ3) is 6.79. The highest BCUT2D eigenvalue weighted by molar-refractivity contribution is 7.87. The number of hydrogen-bond acceptors (Lipinski definition) is 6. The standard InChI is InChI=1S/C17H14Cl2F5N3O5S/c1-27(2)33(29,30)26-14(28)9-4-10(18)13(5-12(9)20)32-8-3-11(19)15(25-6-8)31-7-17(23,24)16(21)22/h3-6,16H,7H2,1-2H3,(H,26,28). The van der Waals surface area contributed by atoms with E-state index in [2.05, 4.69) is 9.72 Å². The van der Waals surface area contributed by atoms with Crippen LogP contribution in [0.4, 0.5) is 22.0 Å². The lowest BCUT2D eigenvalue weighted by Crippen LogP contribution is -2.39.